The van der Waals surface area contributed by atoms with E-state index in [9.17, 15) is 22.9 Å². The number of aliphatic hydroxyl groups excluding tert-OH is 1. The van der Waals surface area contributed by atoms with Gasteiger partial charge in [-0.2, -0.15) is 8.42 Å². The largest absolute Gasteiger partial charge is 0.387 e. The summed E-state index contributed by atoms with van der Waals surface area (Å²) >= 11 is 0. The molecule has 276 valence electrons. The second-order valence-electron chi connectivity index (χ2n) is 13.6. The van der Waals surface area contributed by atoms with E-state index in [-0.39, 0.29) is 12.3 Å². The molecule has 0 aromatic carbocycles. The van der Waals surface area contributed by atoms with Crippen LogP contribution in [-0.2, 0) is 14.9 Å². The topological polar surface area (TPSA) is 104 Å². The Labute approximate surface area is 291 Å². The zero-order valence-corrected chi connectivity index (χ0v) is 31.5. The van der Waals surface area contributed by atoms with Crippen LogP contribution in [0.1, 0.15) is 194 Å². The van der Waals surface area contributed by atoms with Gasteiger partial charge in [0.1, 0.15) is 0 Å². The zero-order chi connectivity index (χ0) is 34.7. The van der Waals surface area contributed by atoms with Gasteiger partial charge in [0.25, 0.3) is 10.1 Å². The van der Waals surface area contributed by atoms with Crippen LogP contribution in [0.3, 0.4) is 0 Å². The molecule has 0 aliphatic rings. The standard InChI is InChI=1S/C40H75NO5S/c1-3-5-7-9-11-13-14-15-16-17-18-19-20-21-22-23-24-25-26-28-30-32-34-36-40(43)41-38(37-47(44,45)46)39(42)35-33-31-29-27-12-10-8-6-4-2/h4,6,12,27,33,35,38-39,42H,3,5,7-11,13-26,28-32,34,36-37H2,1-2H3,(H,41,43)(H,44,45,46)/b6-4+,27-12+,35-33+. The van der Waals surface area contributed by atoms with E-state index in [1.54, 1.807) is 6.08 Å². The molecular formula is C40H75NO5S. The molecule has 0 rings (SSSR count). The van der Waals surface area contributed by atoms with Crippen LogP contribution in [0.4, 0.5) is 0 Å². The summed E-state index contributed by atoms with van der Waals surface area (Å²) in [6.45, 7) is 4.28. The fourth-order valence-corrected chi connectivity index (χ4v) is 6.69. The van der Waals surface area contributed by atoms with E-state index in [0.29, 0.717) is 6.42 Å². The minimum absolute atomic E-state index is 0.287. The maximum Gasteiger partial charge on any atom is 0.267 e. The van der Waals surface area contributed by atoms with E-state index in [1.807, 2.05) is 13.0 Å². The van der Waals surface area contributed by atoms with Crippen LogP contribution in [0.15, 0.2) is 36.5 Å². The third-order valence-corrected chi connectivity index (χ3v) is 9.67. The molecule has 0 saturated carbocycles. The number of unbranched alkanes of at least 4 members (excludes halogenated alkanes) is 24. The zero-order valence-electron chi connectivity index (χ0n) is 30.7. The fourth-order valence-electron chi connectivity index (χ4n) is 5.96. The number of amides is 1. The Kier molecular flexibility index (Phi) is 33.4. The summed E-state index contributed by atoms with van der Waals surface area (Å²) in [5.41, 5.74) is 0. The molecule has 6 nitrogen and oxygen atoms in total. The first-order chi connectivity index (χ1) is 22.8. The van der Waals surface area contributed by atoms with Crippen molar-refractivity contribution >= 4 is 16.0 Å². The van der Waals surface area contributed by atoms with Crippen LogP contribution in [0.25, 0.3) is 0 Å². The predicted octanol–water partition coefficient (Wildman–Crippen LogP) is 11.4. The summed E-state index contributed by atoms with van der Waals surface area (Å²) in [5, 5.41) is 13.1. The van der Waals surface area contributed by atoms with Crippen LogP contribution in [0, 0.1) is 0 Å². The van der Waals surface area contributed by atoms with Gasteiger partial charge in [0.05, 0.1) is 17.9 Å². The Hall–Kier alpha value is -1.44. The summed E-state index contributed by atoms with van der Waals surface area (Å²) in [4.78, 5) is 12.4. The van der Waals surface area contributed by atoms with E-state index in [1.165, 1.54) is 134 Å². The highest BCUT2D eigenvalue weighted by Gasteiger charge is 2.24. The molecule has 2 atom stereocenters. The molecule has 47 heavy (non-hydrogen) atoms. The number of carbonyl (C=O) groups is 1. The van der Waals surface area contributed by atoms with Crippen LogP contribution in [-0.4, -0.2) is 41.9 Å². The molecular weight excluding hydrogens is 607 g/mol. The first kappa shape index (κ1) is 45.6. The van der Waals surface area contributed by atoms with Crippen molar-refractivity contribution in [1.29, 1.82) is 0 Å². The maximum absolute atomic E-state index is 12.4. The lowest BCUT2D eigenvalue weighted by Gasteiger charge is -2.21. The average Bonchev–Trinajstić information content (AvgIpc) is 3.03. The lowest BCUT2D eigenvalue weighted by molar-refractivity contribution is -0.122. The third-order valence-electron chi connectivity index (χ3n) is 8.89. The summed E-state index contributed by atoms with van der Waals surface area (Å²) < 4.78 is 32.3. The number of carbonyl (C=O) groups excluding carboxylic acids is 1. The van der Waals surface area contributed by atoms with Gasteiger partial charge in [-0.3, -0.25) is 9.35 Å². The molecule has 0 fully saturated rings. The molecule has 0 bridgehead atoms. The molecule has 0 aliphatic heterocycles. The Morgan fingerprint density at radius 1 is 0.596 bits per heavy atom. The normalized spacial score (nSPS) is 13.7. The first-order valence-electron chi connectivity index (χ1n) is 19.7. The van der Waals surface area contributed by atoms with Crippen molar-refractivity contribution in [3.05, 3.63) is 36.5 Å². The number of hydrogen-bond donors (Lipinski definition) is 3. The fraction of sp³-hybridized carbons (Fsp3) is 0.825. The molecule has 0 heterocycles. The van der Waals surface area contributed by atoms with Crippen molar-refractivity contribution < 1.29 is 22.9 Å². The van der Waals surface area contributed by atoms with Crippen LogP contribution >= 0.6 is 0 Å². The van der Waals surface area contributed by atoms with Gasteiger partial charge in [0.2, 0.25) is 5.91 Å². The third kappa shape index (κ3) is 35.7. The Morgan fingerprint density at radius 2 is 0.957 bits per heavy atom. The highest BCUT2D eigenvalue weighted by atomic mass is 32.2. The van der Waals surface area contributed by atoms with E-state index in [0.717, 1.165) is 38.5 Å². The number of nitrogens with one attached hydrogen (secondary N) is 1. The van der Waals surface area contributed by atoms with Gasteiger partial charge in [-0.15, -0.1) is 0 Å². The van der Waals surface area contributed by atoms with Crippen molar-refractivity contribution in [3.63, 3.8) is 0 Å². The summed E-state index contributed by atoms with van der Waals surface area (Å²) in [6.07, 6.45) is 44.6. The number of aliphatic hydroxyl groups is 1. The van der Waals surface area contributed by atoms with Crippen molar-refractivity contribution in [1.82, 2.24) is 5.32 Å². The van der Waals surface area contributed by atoms with Gasteiger partial charge in [-0.1, -0.05) is 185 Å². The Bertz CT molecular complexity index is 883. The van der Waals surface area contributed by atoms with E-state index >= 15 is 0 Å². The second kappa shape index (κ2) is 34.4. The quantitative estimate of drug-likeness (QED) is 0.0351. The lowest BCUT2D eigenvalue weighted by Crippen LogP contribution is -2.46. The molecule has 2 unspecified atom stereocenters. The van der Waals surface area contributed by atoms with Gasteiger partial charge in [0, 0.05) is 6.42 Å². The van der Waals surface area contributed by atoms with Crippen LogP contribution in [0.5, 0.6) is 0 Å². The minimum Gasteiger partial charge on any atom is -0.387 e. The van der Waals surface area contributed by atoms with Crippen LogP contribution in [0.2, 0.25) is 0 Å². The van der Waals surface area contributed by atoms with Gasteiger partial charge in [0.15, 0.2) is 0 Å². The van der Waals surface area contributed by atoms with Crippen molar-refractivity contribution in [2.45, 2.75) is 206 Å². The van der Waals surface area contributed by atoms with Gasteiger partial charge < -0.3 is 10.4 Å². The second-order valence-corrected chi connectivity index (χ2v) is 15.1. The lowest BCUT2D eigenvalue weighted by atomic mass is 10.0. The van der Waals surface area contributed by atoms with Gasteiger partial charge in [-0.05, 0) is 39.0 Å². The molecule has 0 aromatic heterocycles. The van der Waals surface area contributed by atoms with E-state index in [4.69, 9.17) is 0 Å². The van der Waals surface area contributed by atoms with Crippen LogP contribution < -0.4 is 5.32 Å². The van der Waals surface area contributed by atoms with Gasteiger partial charge in [-0.25, -0.2) is 0 Å². The average molecular weight is 682 g/mol. The van der Waals surface area contributed by atoms with Gasteiger partial charge >= 0.3 is 0 Å². The first-order valence-corrected chi connectivity index (χ1v) is 21.3. The number of hydrogen-bond acceptors (Lipinski definition) is 4. The summed E-state index contributed by atoms with van der Waals surface area (Å²) in [5.74, 6) is -1.01. The van der Waals surface area contributed by atoms with Crippen molar-refractivity contribution in [2.75, 3.05) is 5.75 Å². The SMILES string of the molecule is C/C=C/CC/C=C/CC/C=C/C(O)C(CS(=O)(=O)O)NC(=O)CCCCCCCCCCCCCCCCCCCCCCCCC. The Balaban J connectivity index is 3.77. The Morgan fingerprint density at radius 3 is 1.34 bits per heavy atom. The predicted molar refractivity (Wildman–Crippen MR) is 202 cm³/mol. The molecule has 1 amide bonds. The summed E-state index contributed by atoms with van der Waals surface area (Å²) in [6, 6.07) is -1.07. The maximum atomic E-state index is 12.4. The molecule has 0 saturated heterocycles. The minimum atomic E-state index is -4.35. The molecule has 0 spiro atoms. The van der Waals surface area contributed by atoms with E-state index < -0.39 is 28.0 Å². The highest BCUT2D eigenvalue weighted by molar-refractivity contribution is 7.85. The van der Waals surface area contributed by atoms with Crippen molar-refractivity contribution in [2.24, 2.45) is 0 Å². The van der Waals surface area contributed by atoms with Crippen molar-refractivity contribution in [3.8, 4) is 0 Å². The monoisotopic (exact) mass is 682 g/mol. The summed E-state index contributed by atoms with van der Waals surface area (Å²) in [7, 11) is -4.35. The number of allylic oxidation sites excluding steroid dienone is 5. The smallest absolute Gasteiger partial charge is 0.267 e. The molecule has 0 radical (unpaired) electrons. The molecule has 3 N–H and O–H groups in total. The number of rotatable bonds is 35. The molecule has 7 heteroatoms. The highest BCUT2D eigenvalue weighted by Crippen LogP contribution is 2.16. The van der Waals surface area contributed by atoms with E-state index in [2.05, 4.69) is 30.5 Å². The molecule has 0 aromatic rings. The molecule has 0 aliphatic carbocycles.